The molecule has 1 heterocycles. The average molecular weight is 359 g/mol. The van der Waals surface area contributed by atoms with Crippen LogP contribution in [-0.2, 0) is 11.3 Å². The van der Waals surface area contributed by atoms with E-state index in [4.69, 9.17) is 4.74 Å². The number of ketones is 1. The van der Waals surface area contributed by atoms with Crippen molar-refractivity contribution >= 4 is 22.7 Å². The van der Waals surface area contributed by atoms with Gasteiger partial charge in [-0.3, -0.25) is 9.59 Å². The number of carbonyl (C=O) groups excluding carboxylic acids is 2. The lowest BCUT2D eigenvalue weighted by molar-refractivity contribution is 0.0520. The molecular formula is C20H25NO5. The number of fused-ring (bicyclic) bond motifs is 1. The van der Waals surface area contributed by atoms with Crippen LogP contribution >= 0.6 is 0 Å². The SMILES string of the molecule is CCCC(=O)c1cc2c(O)c(C(=O)OCC)c(=O)n(CCC)c2cc1C. The van der Waals surface area contributed by atoms with E-state index in [-0.39, 0.29) is 18.0 Å². The van der Waals surface area contributed by atoms with Crippen LogP contribution in [0, 0.1) is 6.92 Å². The van der Waals surface area contributed by atoms with E-state index in [1.165, 1.54) is 4.57 Å². The molecule has 6 heteroatoms. The Kier molecular flexibility index (Phi) is 6.18. The Morgan fingerprint density at radius 2 is 1.85 bits per heavy atom. The Balaban J connectivity index is 2.87. The fourth-order valence-electron chi connectivity index (χ4n) is 3.08. The van der Waals surface area contributed by atoms with Gasteiger partial charge in [-0.2, -0.15) is 0 Å². The van der Waals surface area contributed by atoms with Gasteiger partial charge in [0.15, 0.2) is 11.3 Å². The smallest absolute Gasteiger partial charge is 0.347 e. The number of aromatic hydroxyl groups is 1. The van der Waals surface area contributed by atoms with Crippen LogP contribution in [0.15, 0.2) is 16.9 Å². The van der Waals surface area contributed by atoms with Gasteiger partial charge in [0, 0.05) is 23.9 Å². The zero-order valence-electron chi connectivity index (χ0n) is 15.7. The molecule has 6 nitrogen and oxygen atoms in total. The molecular weight excluding hydrogens is 334 g/mol. The highest BCUT2D eigenvalue weighted by molar-refractivity contribution is 6.05. The summed E-state index contributed by atoms with van der Waals surface area (Å²) in [6, 6.07) is 3.30. The zero-order chi connectivity index (χ0) is 19.4. The van der Waals surface area contributed by atoms with Crippen LogP contribution in [0.4, 0.5) is 0 Å². The summed E-state index contributed by atoms with van der Waals surface area (Å²) in [7, 11) is 0. The van der Waals surface area contributed by atoms with Crippen molar-refractivity contribution in [2.75, 3.05) is 6.61 Å². The second-order valence-corrected chi connectivity index (χ2v) is 6.26. The Morgan fingerprint density at radius 3 is 2.42 bits per heavy atom. The van der Waals surface area contributed by atoms with E-state index in [2.05, 4.69) is 0 Å². The van der Waals surface area contributed by atoms with Crippen LogP contribution in [0.3, 0.4) is 0 Å². The van der Waals surface area contributed by atoms with Crippen LogP contribution in [0.5, 0.6) is 5.75 Å². The Labute approximate surface area is 152 Å². The number of aryl methyl sites for hydroxylation is 2. The molecule has 1 aromatic carbocycles. The van der Waals surface area contributed by atoms with Crippen LogP contribution in [0.1, 0.15) is 66.3 Å². The van der Waals surface area contributed by atoms with Gasteiger partial charge in [-0.15, -0.1) is 0 Å². The van der Waals surface area contributed by atoms with Crippen molar-refractivity contribution in [1.29, 1.82) is 0 Å². The normalized spacial score (nSPS) is 10.9. The van der Waals surface area contributed by atoms with Gasteiger partial charge in [-0.05, 0) is 44.4 Å². The molecule has 0 saturated carbocycles. The van der Waals surface area contributed by atoms with E-state index in [0.717, 1.165) is 5.56 Å². The first-order valence-electron chi connectivity index (χ1n) is 8.97. The minimum atomic E-state index is -0.858. The number of rotatable bonds is 7. The first kappa shape index (κ1) is 19.7. The lowest BCUT2D eigenvalue weighted by Gasteiger charge is -2.16. The standard InChI is InChI=1S/C20H25NO5/c1-5-8-16(22)13-11-14-15(10-12(13)4)21(9-6-2)19(24)17(18(14)23)20(25)26-7-3/h10-11,23H,5-9H2,1-4H3. The van der Waals surface area contributed by atoms with E-state index >= 15 is 0 Å². The Bertz CT molecular complexity index is 911. The molecule has 0 unspecified atom stereocenters. The van der Waals surface area contributed by atoms with Gasteiger partial charge in [0.25, 0.3) is 5.56 Å². The van der Waals surface area contributed by atoms with E-state index in [9.17, 15) is 19.5 Å². The second-order valence-electron chi connectivity index (χ2n) is 6.26. The number of carbonyl (C=O) groups is 2. The minimum Gasteiger partial charge on any atom is -0.506 e. The van der Waals surface area contributed by atoms with Crippen LogP contribution in [0.2, 0.25) is 0 Å². The number of hydrogen-bond donors (Lipinski definition) is 1. The molecule has 0 atom stereocenters. The lowest BCUT2D eigenvalue weighted by Crippen LogP contribution is -2.28. The first-order valence-corrected chi connectivity index (χ1v) is 8.97. The van der Waals surface area contributed by atoms with Gasteiger partial charge in [-0.25, -0.2) is 4.79 Å². The van der Waals surface area contributed by atoms with Crippen LogP contribution < -0.4 is 5.56 Å². The summed E-state index contributed by atoms with van der Waals surface area (Å²) in [6.07, 6.45) is 1.79. The fraction of sp³-hybridized carbons (Fsp3) is 0.450. The van der Waals surface area contributed by atoms with Crippen LogP contribution in [0.25, 0.3) is 10.9 Å². The maximum Gasteiger partial charge on any atom is 0.347 e. The zero-order valence-corrected chi connectivity index (χ0v) is 15.7. The molecule has 0 fully saturated rings. The molecule has 26 heavy (non-hydrogen) atoms. The molecule has 0 spiro atoms. The lowest BCUT2D eigenvalue weighted by atomic mass is 9.97. The van der Waals surface area contributed by atoms with Crippen molar-refractivity contribution < 1.29 is 19.4 Å². The van der Waals surface area contributed by atoms with Crippen molar-refractivity contribution in [3.63, 3.8) is 0 Å². The Morgan fingerprint density at radius 1 is 1.15 bits per heavy atom. The van der Waals surface area contributed by atoms with E-state index in [1.54, 1.807) is 26.0 Å². The monoisotopic (exact) mass is 359 g/mol. The van der Waals surface area contributed by atoms with Gasteiger partial charge in [0.2, 0.25) is 0 Å². The Hall–Kier alpha value is -2.63. The topological polar surface area (TPSA) is 85.6 Å². The van der Waals surface area contributed by atoms with E-state index in [1.807, 2.05) is 13.8 Å². The molecule has 0 radical (unpaired) electrons. The number of aromatic nitrogens is 1. The van der Waals surface area contributed by atoms with Gasteiger partial charge in [0.05, 0.1) is 12.1 Å². The minimum absolute atomic E-state index is 0.0303. The number of pyridine rings is 1. The number of ether oxygens (including phenoxy) is 1. The van der Waals surface area contributed by atoms with Crippen molar-refractivity contribution in [2.45, 2.75) is 53.5 Å². The molecule has 2 rings (SSSR count). The van der Waals surface area contributed by atoms with Crippen molar-refractivity contribution in [1.82, 2.24) is 4.57 Å². The van der Waals surface area contributed by atoms with Crippen molar-refractivity contribution in [3.8, 4) is 5.75 Å². The molecule has 0 bridgehead atoms. The van der Waals surface area contributed by atoms with Crippen molar-refractivity contribution in [3.05, 3.63) is 39.2 Å². The summed E-state index contributed by atoms with van der Waals surface area (Å²) in [5, 5.41) is 10.9. The summed E-state index contributed by atoms with van der Waals surface area (Å²) >= 11 is 0. The second kappa shape index (κ2) is 8.17. The third-order valence-electron chi connectivity index (χ3n) is 4.29. The molecule has 140 valence electrons. The molecule has 1 aromatic heterocycles. The highest BCUT2D eigenvalue weighted by Gasteiger charge is 2.24. The molecule has 1 N–H and O–H groups in total. The summed E-state index contributed by atoms with van der Waals surface area (Å²) in [6.45, 7) is 7.76. The number of hydrogen-bond acceptors (Lipinski definition) is 5. The highest BCUT2D eigenvalue weighted by atomic mass is 16.5. The predicted octanol–water partition coefficient (Wildman–Crippen LogP) is 3.59. The first-order chi connectivity index (χ1) is 12.4. The third kappa shape index (κ3) is 3.49. The summed E-state index contributed by atoms with van der Waals surface area (Å²) in [5.41, 5.74) is 0.774. The van der Waals surface area contributed by atoms with Gasteiger partial charge < -0.3 is 14.4 Å². The summed E-state index contributed by atoms with van der Waals surface area (Å²) in [5.74, 6) is -1.32. The largest absolute Gasteiger partial charge is 0.506 e. The number of nitrogens with zero attached hydrogens (tertiary/aromatic N) is 1. The predicted molar refractivity (Wildman–Crippen MR) is 100 cm³/mol. The van der Waals surface area contributed by atoms with E-state index in [0.29, 0.717) is 42.3 Å². The quantitative estimate of drug-likeness (QED) is 0.603. The third-order valence-corrected chi connectivity index (χ3v) is 4.29. The van der Waals surface area contributed by atoms with Gasteiger partial charge in [-0.1, -0.05) is 13.8 Å². The highest BCUT2D eigenvalue weighted by Crippen LogP contribution is 2.30. The molecule has 0 aliphatic rings. The maximum absolute atomic E-state index is 12.8. The summed E-state index contributed by atoms with van der Waals surface area (Å²) in [4.78, 5) is 37.4. The molecule has 0 amide bonds. The average Bonchev–Trinajstić information content (AvgIpc) is 2.58. The van der Waals surface area contributed by atoms with E-state index < -0.39 is 17.3 Å². The molecule has 0 aliphatic carbocycles. The number of benzene rings is 1. The summed E-state index contributed by atoms with van der Waals surface area (Å²) < 4.78 is 6.39. The number of Topliss-reactive ketones (excluding diaryl/α,β-unsaturated/α-hetero) is 1. The maximum atomic E-state index is 12.8. The van der Waals surface area contributed by atoms with Gasteiger partial charge >= 0.3 is 5.97 Å². The fourth-order valence-corrected chi connectivity index (χ4v) is 3.08. The van der Waals surface area contributed by atoms with Crippen LogP contribution in [-0.4, -0.2) is 28.0 Å². The molecule has 0 saturated heterocycles. The van der Waals surface area contributed by atoms with Crippen molar-refractivity contribution in [2.24, 2.45) is 0 Å². The van der Waals surface area contributed by atoms with Gasteiger partial charge in [0.1, 0.15) is 5.75 Å². The number of esters is 1. The molecule has 0 aliphatic heterocycles. The molecule has 2 aromatic rings.